The first-order chi connectivity index (χ1) is 10.6. The highest BCUT2D eigenvalue weighted by Crippen LogP contribution is 2.77. The fraction of sp³-hybridized carbons (Fsp3) is 0.385. The lowest BCUT2D eigenvalue weighted by molar-refractivity contribution is -0.228. The number of hydrogen-bond donors (Lipinski definition) is 0. The van der Waals surface area contributed by atoms with E-state index >= 15 is 0 Å². The second-order valence-corrected chi connectivity index (χ2v) is 8.38. The van der Waals surface area contributed by atoms with Crippen LogP contribution in [0.2, 0.25) is 20.1 Å². The van der Waals surface area contributed by atoms with Gasteiger partial charge in [-0.1, -0.05) is 69.6 Å². The molecule has 1 aromatic carbocycles. The Hall–Kier alpha value is 1.20. The maximum Gasteiger partial charge on any atom is 0.225 e. The van der Waals surface area contributed by atoms with Gasteiger partial charge in [0.15, 0.2) is 9.75 Å². The number of halogens is 8. The Morgan fingerprint density at radius 1 is 0.609 bits per heavy atom. The van der Waals surface area contributed by atoms with Crippen LogP contribution in [-0.4, -0.2) is 20.0 Å². The maximum absolute atomic E-state index is 6.83. The van der Waals surface area contributed by atoms with Crippen LogP contribution in [0.15, 0.2) is 10.1 Å². The first-order valence-corrected chi connectivity index (χ1v) is 9.01. The Kier molecular flexibility index (Phi) is 4.62. The predicted molar refractivity (Wildman–Crippen MR) is 97.0 cm³/mol. The van der Waals surface area contributed by atoms with Gasteiger partial charge in [-0.3, -0.25) is 0 Å². The van der Waals surface area contributed by atoms with Gasteiger partial charge in [0.1, 0.15) is 0 Å². The molecule has 0 fully saturated rings. The molecular formula is C13H6Cl8O2. The minimum Gasteiger partial charge on any atom is -0.349 e. The molecule has 0 saturated carbocycles. The molecule has 0 heterocycles. The van der Waals surface area contributed by atoms with Crippen LogP contribution in [0.1, 0.15) is 11.1 Å². The smallest absolute Gasteiger partial charge is 0.225 e. The van der Waals surface area contributed by atoms with Crippen molar-refractivity contribution in [2.45, 2.75) is 15.5 Å². The van der Waals surface area contributed by atoms with Crippen molar-refractivity contribution in [2.24, 2.45) is 0 Å². The third kappa shape index (κ3) is 1.75. The van der Waals surface area contributed by atoms with Crippen LogP contribution >= 0.6 is 92.8 Å². The first kappa shape index (κ1) is 19.0. The normalized spacial score (nSPS) is 31.0. The molecule has 0 aliphatic heterocycles. The molecule has 0 N–H and O–H groups in total. The summed E-state index contributed by atoms with van der Waals surface area (Å²) in [6.45, 7) is 0. The summed E-state index contributed by atoms with van der Waals surface area (Å²) < 4.78 is 11.1. The molecule has 10 heteroatoms. The molecule has 2 atom stereocenters. The van der Waals surface area contributed by atoms with E-state index in [0.717, 1.165) is 0 Å². The first-order valence-electron chi connectivity index (χ1n) is 5.99. The zero-order chi connectivity index (χ0) is 17.5. The van der Waals surface area contributed by atoms with Gasteiger partial charge in [0, 0.05) is 25.3 Å². The minimum atomic E-state index is -1.69. The van der Waals surface area contributed by atoms with E-state index in [1.807, 2.05) is 0 Å². The highest BCUT2D eigenvalue weighted by Gasteiger charge is 2.81. The van der Waals surface area contributed by atoms with Gasteiger partial charge < -0.3 is 9.47 Å². The lowest BCUT2D eigenvalue weighted by atomic mass is 9.95. The molecule has 2 aliphatic rings. The summed E-state index contributed by atoms with van der Waals surface area (Å²) in [5.41, 5.74) is 0.515. The quantitative estimate of drug-likeness (QED) is 0.200. The largest absolute Gasteiger partial charge is 0.349 e. The second-order valence-electron chi connectivity index (χ2n) is 4.98. The molecule has 0 amide bonds. The molecule has 126 valence electrons. The molecule has 2 nitrogen and oxygen atoms in total. The highest BCUT2D eigenvalue weighted by molar-refractivity contribution is 6.57. The average Bonchev–Trinajstić information content (AvgIpc) is 2.79. The van der Waals surface area contributed by atoms with Gasteiger partial charge in [-0.15, -0.1) is 23.2 Å². The van der Waals surface area contributed by atoms with Crippen LogP contribution in [0.25, 0.3) is 0 Å². The van der Waals surface area contributed by atoms with E-state index < -0.39 is 15.5 Å². The topological polar surface area (TPSA) is 18.5 Å². The molecule has 2 bridgehead atoms. The van der Waals surface area contributed by atoms with Crippen LogP contribution in [0, 0.1) is 0 Å². The lowest BCUT2D eigenvalue weighted by Crippen LogP contribution is -2.53. The van der Waals surface area contributed by atoms with Crippen molar-refractivity contribution in [3.63, 3.8) is 0 Å². The summed E-state index contributed by atoms with van der Waals surface area (Å²) in [6, 6.07) is 0. The minimum absolute atomic E-state index is 0.0170. The van der Waals surface area contributed by atoms with Crippen molar-refractivity contribution >= 4 is 92.8 Å². The summed E-state index contributed by atoms with van der Waals surface area (Å²) in [7, 11) is 2.71. The number of fused-ring (bicyclic) bond motifs is 5. The number of hydrogen-bond acceptors (Lipinski definition) is 2. The van der Waals surface area contributed by atoms with Crippen LogP contribution in [-0.2, 0) is 19.2 Å². The van der Waals surface area contributed by atoms with Crippen molar-refractivity contribution in [1.29, 1.82) is 0 Å². The average molecular weight is 478 g/mol. The molecule has 0 aromatic heterocycles. The van der Waals surface area contributed by atoms with Crippen molar-refractivity contribution in [3.8, 4) is 0 Å². The molecule has 1 aromatic rings. The van der Waals surface area contributed by atoms with Crippen molar-refractivity contribution in [1.82, 2.24) is 0 Å². The molecule has 0 spiro atoms. The fourth-order valence-electron chi connectivity index (χ4n) is 3.30. The van der Waals surface area contributed by atoms with Crippen LogP contribution in [0.5, 0.6) is 0 Å². The molecule has 23 heavy (non-hydrogen) atoms. The molecule has 0 radical (unpaired) electrons. The Morgan fingerprint density at radius 2 is 0.913 bits per heavy atom. The summed E-state index contributed by atoms with van der Waals surface area (Å²) >= 11 is 51.4. The number of rotatable bonds is 2. The van der Waals surface area contributed by atoms with E-state index in [1.54, 1.807) is 0 Å². The number of ether oxygens (including phenoxy) is 2. The van der Waals surface area contributed by atoms with Crippen molar-refractivity contribution in [3.05, 3.63) is 41.3 Å². The van der Waals surface area contributed by atoms with Crippen molar-refractivity contribution < 1.29 is 9.47 Å². The summed E-state index contributed by atoms with van der Waals surface area (Å²) in [5.74, 6) is -1.69. The van der Waals surface area contributed by atoms with Gasteiger partial charge in [0.25, 0.3) is 0 Å². The third-order valence-corrected chi connectivity index (χ3v) is 8.53. The van der Waals surface area contributed by atoms with E-state index in [0.29, 0.717) is 0 Å². The van der Waals surface area contributed by atoms with Crippen LogP contribution in [0.3, 0.4) is 0 Å². The number of benzene rings is 1. The van der Waals surface area contributed by atoms with Gasteiger partial charge >= 0.3 is 0 Å². The number of methoxy groups -OCH3 is 2. The van der Waals surface area contributed by atoms with E-state index in [2.05, 4.69) is 0 Å². The number of alkyl halides is 2. The zero-order valence-electron chi connectivity index (χ0n) is 11.3. The monoisotopic (exact) mass is 474 g/mol. The molecule has 3 rings (SSSR count). The molecular weight excluding hydrogens is 472 g/mol. The van der Waals surface area contributed by atoms with Crippen LogP contribution in [0.4, 0.5) is 0 Å². The van der Waals surface area contributed by atoms with E-state index in [9.17, 15) is 0 Å². The Balaban J connectivity index is 2.59. The Labute approximate surface area is 172 Å². The highest BCUT2D eigenvalue weighted by atomic mass is 35.5. The third-order valence-electron chi connectivity index (χ3n) is 4.24. The second kappa shape index (κ2) is 5.60. The molecule has 0 unspecified atom stereocenters. The van der Waals surface area contributed by atoms with Gasteiger partial charge in [-0.25, -0.2) is 0 Å². The predicted octanol–water partition coefficient (Wildman–Crippen LogP) is 6.87. The Bertz CT molecular complexity index is 713. The summed E-state index contributed by atoms with van der Waals surface area (Å²) in [4.78, 5) is -3.28. The maximum atomic E-state index is 6.83. The van der Waals surface area contributed by atoms with Gasteiger partial charge in [0.2, 0.25) is 5.79 Å². The van der Waals surface area contributed by atoms with Gasteiger partial charge in [-0.2, -0.15) is 0 Å². The fourth-order valence-corrected chi connectivity index (χ4v) is 6.56. The van der Waals surface area contributed by atoms with Crippen molar-refractivity contribution in [2.75, 3.05) is 14.2 Å². The summed E-state index contributed by atoms with van der Waals surface area (Å²) in [6.07, 6.45) is 0. The standard InChI is InChI=1S/C13H6Cl8O2/c1-22-13(23-2)11(20)3-4(12(13,21)10(19)9(11)18)6(15)8(17)7(16)5(3)14/h1-2H3/t11-,12-/m0/s1. The molecule has 0 saturated heterocycles. The molecule has 2 aliphatic carbocycles. The van der Waals surface area contributed by atoms with E-state index in [4.69, 9.17) is 102 Å². The van der Waals surface area contributed by atoms with Gasteiger partial charge in [-0.05, 0) is 0 Å². The van der Waals surface area contributed by atoms with Gasteiger partial charge in [0.05, 0.1) is 30.2 Å². The van der Waals surface area contributed by atoms with E-state index in [1.165, 1.54) is 14.2 Å². The SMILES string of the molecule is COC1(OC)[C@@]2(Cl)C(Cl)=C(Cl)[C@@]1(Cl)c1c(Cl)c(Cl)c(Cl)c(Cl)c12. The van der Waals surface area contributed by atoms with E-state index in [-0.39, 0.29) is 41.3 Å². The lowest BCUT2D eigenvalue weighted by Gasteiger charge is -2.40. The summed E-state index contributed by atoms with van der Waals surface area (Å²) in [5, 5.41) is 0.175. The van der Waals surface area contributed by atoms with Crippen LogP contribution < -0.4 is 0 Å². The Morgan fingerprint density at radius 3 is 1.17 bits per heavy atom. The zero-order valence-corrected chi connectivity index (χ0v) is 17.4.